The fourth-order valence-electron chi connectivity index (χ4n) is 2.64. The number of pyridine rings is 1. The zero-order valence-electron chi connectivity index (χ0n) is 10.4. The maximum Gasteiger partial charge on any atom is 0.182 e. The van der Waals surface area contributed by atoms with Crippen LogP contribution in [0.15, 0.2) is 42.6 Å². The molecule has 0 fully saturated rings. The van der Waals surface area contributed by atoms with E-state index in [0.29, 0.717) is 18.0 Å². The van der Waals surface area contributed by atoms with Crippen molar-refractivity contribution in [1.29, 1.82) is 0 Å². The van der Waals surface area contributed by atoms with Crippen molar-refractivity contribution in [3.05, 3.63) is 65.0 Å². The predicted molar refractivity (Wildman–Crippen MR) is 70.8 cm³/mol. The molecular weight excluding hydrogens is 222 g/mol. The van der Waals surface area contributed by atoms with Crippen LogP contribution in [0.5, 0.6) is 0 Å². The van der Waals surface area contributed by atoms with Crippen LogP contribution in [0, 0.1) is 6.92 Å². The highest BCUT2D eigenvalue weighted by atomic mass is 16.1. The Labute approximate surface area is 107 Å². The van der Waals surface area contributed by atoms with Gasteiger partial charge in [-0.2, -0.15) is 0 Å². The monoisotopic (exact) mass is 237 g/mol. The largest absolute Gasteiger partial charge is 0.292 e. The molecule has 1 aliphatic carbocycles. The number of carbonyl (C=O) groups is 1. The first kappa shape index (κ1) is 11.1. The van der Waals surface area contributed by atoms with Gasteiger partial charge in [0.25, 0.3) is 0 Å². The van der Waals surface area contributed by atoms with E-state index in [1.807, 2.05) is 25.1 Å². The lowest BCUT2D eigenvalue weighted by atomic mass is 9.75. The summed E-state index contributed by atoms with van der Waals surface area (Å²) in [5.41, 5.74) is 4.31. The van der Waals surface area contributed by atoms with E-state index < -0.39 is 0 Å². The van der Waals surface area contributed by atoms with Gasteiger partial charge in [-0.3, -0.25) is 9.78 Å². The zero-order valence-corrected chi connectivity index (χ0v) is 10.4. The molecule has 2 nitrogen and oxygen atoms in total. The minimum absolute atomic E-state index is 0.160. The molecule has 18 heavy (non-hydrogen) atoms. The summed E-state index contributed by atoms with van der Waals surface area (Å²) in [4.78, 5) is 16.4. The number of nitrogens with zero attached hydrogens (tertiary/aromatic N) is 1. The van der Waals surface area contributed by atoms with Crippen molar-refractivity contribution in [1.82, 2.24) is 4.98 Å². The highest BCUT2D eigenvalue weighted by molar-refractivity contribution is 5.96. The average molecular weight is 237 g/mol. The minimum atomic E-state index is 0.160. The Bertz CT molecular complexity index is 604. The Balaban J connectivity index is 1.76. The molecule has 0 saturated carbocycles. The third-order valence-electron chi connectivity index (χ3n) is 3.67. The van der Waals surface area contributed by atoms with E-state index in [1.165, 1.54) is 11.1 Å². The summed E-state index contributed by atoms with van der Waals surface area (Å²) in [5, 5.41) is 0. The van der Waals surface area contributed by atoms with Gasteiger partial charge in [-0.05, 0) is 42.0 Å². The van der Waals surface area contributed by atoms with Gasteiger partial charge in [0, 0.05) is 12.6 Å². The van der Waals surface area contributed by atoms with Crippen molar-refractivity contribution in [3.8, 4) is 0 Å². The van der Waals surface area contributed by atoms with Crippen molar-refractivity contribution < 1.29 is 4.79 Å². The molecule has 0 bridgehead atoms. The smallest absolute Gasteiger partial charge is 0.182 e. The summed E-state index contributed by atoms with van der Waals surface area (Å²) in [6.07, 6.45) is 3.29. The second kappa shape index (κ2) is 4.37. The molecule has 1 atom stereocenters. The Kier molecular flexibility index (Phi) is 2.71. The van der Waals surface area contributed by atoms with Crippen molar-refractivity contribution >= 4 is 5.78 Å². The summed E-state index contributed by atoms with van der Waals surface area (Å²) in [5.74, 6) is 0.544. The SMILES string of the molecule is Cc1cccnc1C(=O)CC1Cc2ccccc21. The van der Waals surface area contributed by atoms with Crippen molar-refractivity contribution in [2.24, 2.45) is 0 Å². The normalized spacial score (nSPS) is 16.8. The molecule has 0 aliphatic heterocycles. The predicted octanol–water partition coefficient (Wildman–Crippen LogP) is 3.30. The molecule has 0 spiro atoms. The van der Waals surface area contributed by atoms with Crippen LogP contribution in [0.1, 0.15) is 39.5 Å². The minimum Gasteiger partial charge on any atom is -0.292 e. The second-order valence-electron chi connectivity index (χ2n) is 4.90. The molecule has 0 N–H and O–H groups in total. The molecule has 1 heterocycles. The number of carbonyl (C=O) groups excluding carboxylic acids is 1. The van der Waals surface area contributed by atoms with Gasteiger partial charge in [-0.15, -0.1) is 0 Å². The summed E-state index contributed by atoms with van der Waals surface area (Å²) in [6, 6.07) is 12.2. The quantitative estimate of drug-likeness (QED) is 0.767. The van der Waals surface area contributed by atoms with E-state index in [-0.39, 0.29) is 5.78 Å². The first-order valence-corrected chi connectivity index (χ1v) is 6.28. The molecule has 3 rings (SSSR count). The summed E-state index contributed by atoms with van der Waals surface area (Å²) >= 11 is 0. The molecule has 1 unspecified atom stereocenters. The van der Waals surface area contributed by atoms with E-state index in [1.54, 1.807) is 6.20 Å². The molecule has 1 aliphatic rings. The van der Waals surface area contributed by atoms with E-state index in [9.17, 15) is 4.79 Å². The van der Waals surface area contributed by atoms with E-state index in [2.05, 4.69) is 23.2 Å². The fourth-order valence-corrected chi connectivity index (χ4v) is 2.64. The van der Waals surface area contributed by atoms with Crippen molar-refractivity contribution in [3.63, 3.8) is 0 Å². The first-order valence-electron chi connectivity index (χ1n) is 6.28. The van der Waals surface area contributed by atoms with Crippen LogP contribution in [0.3, 0.4) is 0 Å². The van der Waals surface area contributed by atoms with E-state index in [0.717, 1.165) is 12.0 Å². The maximum absolute atomic E-state index is 12.2. The molecule has 0 amide bonds. The topological polar surface area (TPSA) is 30.0 Å². The van der Waals surface area contributed by atoms with Gasteiger partial charge in [0.2, 0.25) is 0 Å². The van der Waals surface area contributed by atoms with Gasteiger partial charge in [0.05, 0.1) is 0 Å². The van der Waals surface area contributed by atoms with Crippen LogP contribution in [-0.2, 0) is 6.42 Å². The summed E-state index contributed by atoms with van der Waals surface area (Å²) < 4.78 is 0. The van der Waals surface area contributed by atoms with Crippen LogP contribution in [0.2, 0.25) is 0 Å². The molecule has 90 valence electrons. The molecule has 0 radical (unpaired) electrons. The molecule has 1 aromatic heterocycles. The van der Waals surface area contributed by atoms with Crippen LogP contribution >= 0.6 is 0 Å². The Morgan fingerprint density at radius 2 is 2.11 bits per heavy atom. The standard InChI is InChI=1S/C16H15NO/c1-11-5-4-8-17-16(11)15(18)10-13-9-12-6-2-3-7-14(12)13/h2-8,13H,9-10H2,1H3. The number of benzene rings is 1. The van der Waals surface area contributed by atoms with Gasteiger partial charge in [0.1, 0.15) is 5.69 Å². The van der Waals surface area contributed by atoms with Crippen LogP contribution in [0.4, 0.5) is 0 Å². The highest BCUT2D eigenvalue weighted by Gasteiger charge is 2.28. The third-order valence-corrected chi connectivity index (χ3v) is 3.67. The Hall–Kier alpha value is -1.96. The van der Waals surface area contributed by atoms with E-state index in [4.69, 9.17) is 0 Å². The number of ketones is 1. The lowest BCUT2D eigenvalue weighted by molar-refractivity contribution is 0.0965. The van der Waals surface area contributed by atoms with Gasteiger partial charge in [-0.1, -0.05) is 30.3 Å². The third kappa shape index (κ3) is 1.84. The van der Waals surface area contributed by atoms with Gasteiger partial charge >= 0.3 is 0 Å². The number of Topliss-reactive ketones (excluding diaryl/α,β-unsaturated/α-hetero) is 1. The molecule has 1 aromatic carbocycles. The van der Waals surface area contributed by atoms with Crippen LogP contribution in [0.25, 0.3) is 0 Å². The zero-order chi connectivity index (χ0) is 12.5. The van der Waals surface area contributed by atoms with Gasteiger partial charge in [0.15, 0.2) is 5.78 Å². The number of aryl methyl sites for hydroxylation is 1. The number of hydrogen-bond acceptors (Lipinski definition) is 2. The average Bonchev–Trinajstić information content (AvgIpc) is 2.36. The van der Waals surface area contributed by atoms with Crippen molar-refractivity contribution in [2.75, 3.05) is 0 Å². The highest BCUT2D eigenvalue weighted by Crippen LogP contribution is 2.37. The van der Waals surface area contributed by atoms with Gasteiger partial charge in [-0.25, -0.2) is 0 Å². The second-order valence-corrected chi connectivity index (χ2v) is 4.90. The fraction of sp³-hybridized carbons (Fsp3) is 0.250. The Morgan fingerprint density at radius 3 is 2.89 bits per heavy atom. The van der Waals surface area contributed by atoms with Gasteiger partial charge < -0.3 is 0 Å². The number of aromatic nitrogens is 1. The van der Waals surface area contributed by atoms with Crippen LogP contribution < -0.4 is 0 Å². The van der Waals surface area contributed by atoms with Crippen LogP contribution in [-0.4, -0.2) is 10.8 Å². The Morgan fingerprint density at radius 1 is 1.28 bits per heavy atom. The molecule has 0 saturated heterocycles. The lowest BCUT2D eigenvalue weighted by Gasteiger charge is -2.29. The lowest BCUT2D eigenvalue weighted by Crippen LogP contribution is -2.20. The summed E-state index contributed by atoms with van der Waals surface area (Å²) in [6.45, 7) is 1.94. The number of hydrogen-bond donors (Lipinski definition) is 0. The number of rotatable bonds is 3. The first-order chi connectivity index (χ1) is 8.75. The number of fused-ring (bicyclic) bond motifs is 1. The molecular formula is C16H15NO. The van der Waals surface area contributed by atoms with Crippen molar-refractivity contribution in [2.45, 2.75) is 25.7 Å². The van der Waals surface area contributed by atoms with E-state index >= 15 is 0 Å². The summed E-state index contributed by atoms with van der Waals surface area (Å²) in [7, 11) is 0. The maximum atomic E-state index is 12.2. The molecule has 2 aromatic rings. The molecule has 2 heteroatoms.